The summed E-state index contributed by atoms with van der Waals surface area (Å²) in [4.78, 5) is 0. The second-order valence-electron chi connectivity index (χ2n) is 4.54. The predicted molar refractivity (Wildman–Crippen MR) is 59.4 cm³/mol. The second-order valence-corrected chi connectivity index (χ2v) is 4.54. The highest BCUT2D eigenvalue weighted by Gasteiger charge is 2.21. The molecule has 0 saturated carbocycles. The van der Waals surface area contributed by atoms with Gasteiger partial charge in [-0.2, -0.15) is 0 Å². The Hall–Kier alpha value is -1.22. The molecular formula is C12H17NO2. The van der Waals surface area contributed by atoms with Crippen LogP contribution in [-0.4, -0.2) is 13.2 Å². The molecule has 0 saturated heterocycles. The molecular weight excluding hydrogens is 190 g/mol. The molecule has 0 aliphatic carbocycles. The van der Waals surface area contributed by atoms with Gasteiger partial charge < -0.3 is 15.2 Å². The van der Waals surface area contributed by atoms with E-state index in [0.29, 0.717) is 13.2 Å². The van der Waals surface area contributed by atoms with Crippen molar-refractivity contribution in [3.8, 4) is 11.5 Å². The van der Waals surface area contributed by atoms with Crippen molar-refractivity contribution in [2.45, 2.75) is 26.3 Å². The monoisotopic (exact) mass is 207 g/mol. The van der Waals surface area contributed by atoms with Gasteiger partial charge >= 0.3 is 0 Å². The number of hydrogen-bond acceptors (Lipinski definition) is 3. The Labute approximate surface area is 90.2 Å². The average Bonchev–Trinajstić information content (AvgIpc) is 2.16. The highest BCUT2D eigenvalue weighted by molar-refractivity contribution is 5.50. The quantitative estimate of drug-likeness (QED) is 0.765. The number of ether oxygens (including phenoxy) is 2. The molecule has 3 heteroatoms. The number of fused-ring (bicyclic) bond motifs is 1. The van der Waals surface area contributed by atoms with E-state index in [-0.39, 0.29) is 5.54 Å². The number of rotatable bonds is 1. The first kappa shape index (κ1) is 10.3. The zero-order chi connectivity index (χ0) is 11.1. The van der Waals surface area contributed by atoms with Crippen LogP contribution in [0.3, 0.4) is 0 Å². The molecule has 82 valence electrons. The lowest BCUT2D eigenvalue weighted by atomic mass is 9.93. The van der Waals surface area contributed by atoms with Gasteiger partial charge in [-0.05, 0) is 38.0 Å². The minimum Gasteiger partial charge on any atom is -0.486 e. The van der Waals surface area contributed by atoms with E-state index in [1.807, 2.05) is 26.8 Å². The molecule has 0 aromatic heterocycles. The van der Waals surface area contributed by atoms with Crippen molar-refractivity contribution in [3.63, 3.8) is 0 Å². The van der Waals surface area contributed by atoms with Crippen LogP contribution in [-0.2, 0) is 5.54 Å². The summed E-state index contributed by atoms with van der Waals surface area (Å²) >= 11 is 0. The lowest BCUT2D eigenvalue weighted by Gasteiger charge is -2.25. The third-order valence-electron chi connectivity index (χ3n) is 2.57. The van der Waals surface area contributed by atoms with Gasteiger partial charge in [-0.15, -0.1) is 0 Å². The summed E-state index contributed by atoms with van der Waals surface area (Å²) < 4.78 is 11.1. The summed E-state index contributed by atoms with van der Waals surface area (Å²) in [5, 5.41) is 0. The van der Waals surface area contributed by atoms with Crippen molar-refractivity contribution in [1.82, 2.24) is 0 Å². The number of nitrogens with two attached hydrogens (primary N) is 1. The zero-order valence-corrected chi connectivity index (χ0v) is 9.46. The van der Waals surface area contributed by atoms with E-state index in [2.05, 4.69) is 6.07 Å². The maximum Gasteiger partial charge on any atom is 0.164 e. The van der Waals surface area contributed by atoms with Crippen LogP contribution in [0.5, 0.6) is 11.5 Å². The van der Waals surface area contributed by atoms with E-state index in [0.717, 1.165) is 22.6 Å². The Kier molecular flexibility index (Phi) is 2.35. The topological polar surface area (TPSA) is 44.5 Å². The highest BCUT2D eigenvalue weighted by atomic mass is 16.6. The zero-order valence-electron chi connectivity index (χ0n) is 9.46. The molecule has 0 fully saturated rings. The van der Waals surface area contributed by atoms with E-state index in [1.54, 1.807) is 0 Å². The second kappa shape index (κ2) is 3.42. The van der Waals surface area contributed by atoms with E-state index in [1.165, 1.54) is 0 Å². The molecule has 0 radical (unpaired) electrons. The first-order valence-corrected chi connectivity index (χ1v) is 5.18. The molecule has 0 bridgehead atoms. The molecule has 0 unspecified atom stereocenters. The summed E-state index contributed by atoms with van der Waals surface area (Å²) in [6.45, 7) is 7.22. The van der Waals surface area contributed by atoms with E-state index >= 15 is 0 Å². The molecule has 1 heterocycles. The van der Waals surface area contributed by atoms with Crippen molar-refractivity contribution in [2.24, 2.45) is 5.73 Å². The van der Waals surface area contributed by atoms with Gasteiger partial charge in [0.15, 0.2) is 11.5 Å². The first-order valence-electron chi connectivity index (χ1n) is 5.18. The van der Waals surface area contributed by atoms with Crippen LogP contribution >= 0.6 is 0 Å². The highest BCUT2D eigenvalue weighted by Crippen LogP contribution is 2.36. The lowest BCUT2D eigenvalue weighted by Crippen LogP contribution is -2.29. The molecule has 1 aromatic carbocycles. The predicted octanol–water partition coefficient (Wildman–Crippen LogP) is 1.96. The first-order chi connectivity index (χ1) is 6.98. The van der Waals surface area contributed by atoms with Gasteiger partial charge in [-0.25, -0.2) is 0 Å². The molecule has 1 aromatic rings. The van der Waals surface area contributed by atoms with Crippen molar-refractivity contribution in [3.05, 3.63) is 23.3 Å². The number of benzene rings is 1. The molecule has 0 atom stereocenters. The van der Waals surface area contributed by atoms with Crippen molar-refractivity contribution >= 4 is 0 Å². The van der Waals surface area contributed by atoms with E-state index in [9.17, 15) is 0 Å². The fourth-order valence-corrected chi connectivity index (χ4v) is 1.70. The SMILES string of the molecule is Cc1cc(C(C)(C)N)cc2c1OCCO2. The van der Waals surface area contributed by atoms with Gasteiger partial charge in [-0.1, -0.05) is 6.07 Å². The standard InChI is InChI=1S/C12H17NO2/c1-8-6-9(12(2,3)13)7-10-11(8)15-5-4-14-10/h6-7H,4-5,13H2,1-3H3. The summed E-state index contributed by atoms with van der Waals surface area (Å²) in [6, 6.07) is 4.04. The van der Waals surface area contributed by atoms with Gasteiger partial charge in [0.05, 0.1) is 0 Å². The average molecular weight is 207 g/mol. The third kappa shape index (κ3) is 1.92. The van der Waals surface area contributed by atoms with Crippen molar-refractivity contribution in [1.29, 1.82) is 0 Å². The normalized spacial score (nSPS) is 15.2. The molecule has 1 aliphatic heterocycles. The number of hydrogen-bond donors (Lipinski definition) is 1. The van der Waals surface area contributed by atoms with Gasteiger partial charge in [0.25, 0.3) is 0 Å². The summed E-state index contributed by atoms with van der Waals surface area (Å²) in [6.07, 6.45) is 0. The van der Waals surface area contributed by atoms with Crippen LogP contribution in [0.25, 0.3) is 0 Å². The molecule has 15 heavy (non-hydrogen) atoms. The Balaban J connectivity index is 2.50. The van der Waals surface area contributed by atoms with Crippen LogP contribution in [0.1, 0.15) is 25.0 Å². The number of aryl methyl sites for hydroxylation is 1. The fourth-order valence-electron chi connectivity index (χ4n) is 1.70. The van der Waals surface area contributed by atoms with Crippen LogP contribution in [0.2, 0.25) is 0 Å². The third-order valence-corrected chi connectivity index (χ3v) is 2.57. The van der Waals surface area contributed by atoms with Gasteiger partial charge in [0.2, 0.25) is 0 Å². The molecule has 2 rings (SSSR count). The minimum atomic E-state index is -0.347. The van der Waals surface area contributed by atoms with E-state index in [4.69, 9.17) is 15.2 Å². The summed E-state index contributed by atoms with van der Waals surface area (Å²) in [7, 11) is 0. The van der Waals surface area contributed by atoms with Gasteiger partial charge in [-0.3, -0.25) is 0 Å². The Morgan fingerprint density at radius 1 is 1.20 bits per heavy atom. The van der Waals surface area contributed by atoms with Gasteiger partial charge in [0.1, 0.15) is 13.2 Å². The van der Waals surface area contributed by atoms with Crippen LogP contribution in [0.15, 0.2) is 12.1 Å². The largest absolute Gasteiger partial charge is 0.486 e. The summed E-state index contributed by atoms with van der Waals surface area (Å²) in [5.41, 5.74) is 7.87. The maximum absolute atomic E-state index is 6.06. The lowest BCUT2D eigenvalue weighted by molar-refractivity contribution is 0.170. The minimum absolute atomic E-state index is 0.347. The van der Waals surface area contributed by atoms with Crippen LogP contribution < -0.4 is 15.2 Å². The van der Waals surface area contributed by atoms with Crippen LogP contribution in [0.4, 0.5) is 0 Å². The molecule has 0 amide bonds. The van der Waals surface area contributed by atoms with Gasteiger partial charge in [0, 0.05) is 5.54 Å². The Bertz CT molecular complexity index is 380. The Morgan fingerprint density at radius 2 is 1.87 bits per heavy atom. The maximum atomic E-state index is 6.06. The molecule has 1 aliphatic rings. The molecule has 2 N–H and O–H groups in total. The van der Waals surface area contributed by atoms with Crippen molar-refractivity contribution in [2.75, 3.05) is 13.2 Å². The fraction of sp³-hybridized carbons (Fsp3) is 0.500. The van der Waals surface area contributed by atoms with Crippen molar-refractivity contribution < 1.29 is 9.47 Å². The smallest absolute Gasteiger partial charge is 0.164 e. The molecule has 0 spiro atoms. The van der Waals surface area contributed by atoms with Crippen LogP contribution in [0, 0.1) is 6.92 Å². The molecule has 3 nitrogen and oxygen atoms in total. The summed E-state index contributed by atoms with van der Waals surface area (Å²) in [5.74, 6) is 1.67. The van der Waals surface area contributed by atoms with E-state index < -0.39 is 0 Å². The Morgan fingerprint density at radius 3 is 2.53 bits per heavy atom.